The van der Waals surface area contributed by atoms with Crippen molar-refractivity contribution in [3.8, 4) is 5.75 Å². The Balaban J connectivity index is 1.67. The van der Waals surface area contributed by atoms with Gasteiger partial charge in [-0.3, -0.25) is 0 Å². The smallest absolute Gasteiger partial charge is 0.338 e. The zero-order valence-electron chi connectivity index (χ0n) is 17.7. The summed E-state index contributed by atoms with van der Waals surface area (Å²) in [5.74, 6) is 0.0672. The third-order valence-corrected chi connectivity index (χ3v) is 7.15. The SMILES string of the molecule is Cc1ccccc1OCCOC(=O)c1ccc(Cl)c(S(=O)(=O)N2CC(C)OC(C)C2)c1. The van der Waals surface area contributed by atoms with Crippen LogP contribution in [-0.4, -0.2) is 57.2 Å². The van der Waals surface area contributed by atoms with Crippen LogP contribution in [0.4, 0.5) is 0 Å². The Bertz CT molecular complexity index is 1030. The number of carbonyl (C=O) groups is 1. The number of carbonyl (C=O) groups excluding carboxylic acids is 1. The number of hydrogen-bond acceptors (Lipinski definition) is 6. The summed E-state index contributed by atoms with van der Waals surface area (Å²) in [5.41, 5.74) is 1.08. The van der Waals surface area contributed by atoms with E-state index in [1.807, 2.05) is 45.0 Å². The molecular formula is C22H26ClNO6S. The molecule has 168 valence electrons. The number of nitrogens with zero attached hydrogens (tertiary/aromatic N) is 1. The summed E-state index contributed by atoms with van der Waals surface area (Å²) in [6.45, 7) is 6.18. The minimum absolute atomic E-state index is 0.0242. The summed E-state index contributed by atoms with van der Waals surface area (Å²) < 4.78 is 44.1. The van der Waals surface area contributed by atoms with Crippen LogP contribution < -0.4 is 4.74 Å². The molecule has 1 fully saturated rings. The Hall–Kier alpha value is -2.13. The molecule has 1 aliphatic rings. The Morgan fingerprint density at radius 1 is 1.13 bits per heavy atom. The summed E-state index contributed by atoms with van der Waals surface area (Å²) in [6, 6.07) is 11.6. The number of para-hydroxylation sites is 1. The molecule has 1 saturated heterocycles. The molecule has 2 aromatic rings. The van der Waals surface area contributed by atoms with Crippen molar-refractivity contribution in [2.24, 2.45) is 0 Å². The van der Waals surface area contributed by atoms with E-state index in [-0.39, 0.29) is 54.0 Å². The maximum absolute atomic E-state index is 13.1. The molecule has 0 aliphatic carbocycles. The number of halogens is 1. The van der Waals surface area contributed by atoms with E-state index in [9.17, 15) is 13.2 Å². The largest absolute Gasteiger partial charge is 0.490 e. The van der Waals surface area contributed by atoms with Crippen LogP contribution in [0.1, 0.15) is 29.8 Å². The van der Waals surface area contributed by atoms with Gasteiger partial charge in [0.2, 0.25) is 10.0 Å². The molecule has 7 nitrogen and oxygen atoms in total. The molecule has 0 bridgehead atoms. The van der Waals surface area contributed by atoms with Gasteiger partial charge in [-0.05, 0) is 50.6 Å². The van der Waals surface area contributed by atoms with Crippen LogP contribution in [-0.2, 0) is 19.5 Å². The fourth-order valence-electron chi connectivity index (χ4n) is 3.38. The van der Waals surface area contributed by atoms with Gasteiger partial charge in [-0.15, -0.1) is 0 Å². The van der Waals surface area contributed by atoms with E-state index in [0.717, 1.165) is 5.56 Å². The van der Waals surface area contributed by atoms with Crippen LogP contribution in [0.25, 0.3) is 0 Å². The normalized spacial score (nSPS) is 19.7. The van der Waals surface area contributed by atoms with E-state index in [0.29, 0.717) is 5.75 Å². The number of aryl methyl sites for hydroxylation is 1. The van der Waals surface area contributed by atoms with Crippen LogP contribution in [0, 0.1) is 6.92 Å². The number of ether oxygens (including phenoxy) is 3. The summed E-state index contributed by atoms with van der Waals surface area (Å²) in [4.78, 5) is 12.3. The molecule has 2 unspecified atom stereocenters. The van der Waals surface area contributed by atoms with Crippen molar-refractivity contribution in [3.63, 3.8) is 0 Å². The molecule has 0 spiro atoms. The lowest BCUT2D eigenvalue weighted by Gasteiger charge is -2.34. The van der Waals surface area contributed by atoms with Crippen molar-refractivity contribution < 1.29 is 27.4 Å². The standard InChI is InChI=1S/C22H26ClNO6S/c1-15-6-4-5-7-20(15)28-10-11-29-22(25)18-8-9-19(23)21(12-18)31(26,27)24-13-16(2)30-17(3)14-24/h4-9,12,16-17H,10-11,13-14H2,1-3H3. The molecule has 0 amide bonds. The number of benzene rings is 2. The highest BCUT2D eigenvalue weighted by Crippen LogP contribution is 2.28. The fourth-order valence-corrected chi connectivity index (χ4v) is 5.47. The summed E-state index contributed by atoms with van der Waals surface area (Å²) in [7, 11) is -3.89. The molecule has 2 atom stereocenters. The van der Waals surface area contributed by atoms with Crippen molar-refractivity contribution in [2.75, 3.05) is 26.3 Å². The minimum atomic E-state index is -3.89. The van der Waals surface area contributed by atoms with Crippen LogP contribution in [0.2, 0.25) is 5.02 Å². The molecule has 2 aromatic carbocycles. The average Bonchev–Trinajstić information content (AvgIpc) is 2.71. The van der Waals surface area contributed by atoms with Gasteiger partial charge in [-0.1, -0.05) is 29.8 Å². The average molecular weight is 468 g/mol. The van der Waals surface area contributed by atoms with Gasteiger partial charge in [0.25, 0.3) is 0 Å². The van der Waals surface area contributed by atoms with E-state index in [2.05, 4.69) is 0 Å². The van der Waals surface area contributed by atoms with Crippen molar-refractivity contribution in [2.45, 2.75) is 37.9 Å². The first kappa shape index (κ1) is 23.5. The minimum Gasteiger partial charge on any atom is -0.490 e. The van der Waals surface area contributed by atoms with E-state index in [1.54, 1.807) is 0 Å². The number of sulfonamides is 1. The maximum atomic E-state index is 13.1. The summed E-state index contributed by atoms with van der Waals surface area (Å²) in [5, 5.41) is 0.0474. The molecular weight excluding hydrogens is 442 g/mol. The first-order chi connectivity index (χ1) is 14.7. The van der Waals surface area contributed by atoms with E-state index < -0.39 is 16.0 Å². The van der Waals surface area contributed by atoms with Crippen molar-refractivity contribution >= 4 is 27.6 Å². The molecule has 3 rings (SSSR count). The van der Waals surface area contributed by atoms with Crippen LogP contribution in [0.5, 0.6) is 5.75 Å². The van der Waals surface area contributed by atoms with Crippen molar-refractivity contribution in [1.82, 2.24) is 4.31 Å². The molecule has 0 N–H and O–H groups in total. The summed E-state index contributed by atoms with van der Waals surface area (Å²) >= 11 is 6.18. The molecule has 1 aliphatic heterocycles. The second kappa shape index (κ2) is 9.99. The first-order valence-corrected chi connectivity index (χ1v) is 11.8. The number of rotatable bonds is 7. The molecule has 1 heterocycles. The van der Waals surface area contributed by atoms with Gasteiger partial charge < -0.3 is 14.2 Å². The quantitative estimate of drug-likeness (QED) is 0.456. The second-order valence-electron chi connectivity index (χ2n) is 7.47. The number of esters is 1. The first-order valence-electron chi connectivity index (χ1n) is 9.99. The zero-order valence-corrected chi connectivity index (χ0v) is 19.3. The van der Waals surface area contributed by atoms with Crippen LogP contribution in [0.15, 0.2) is 47.4 Å². The monoisotopic (exact) mass is 467 g/mol. The molecule has 31 heavy (non-hydrogen) atoms. The molecule has 0 saturated carbocycles. The number of morpholine rings is 1. The van der Waals surface area contributed by atoms with Crippen LogP contribution >= 0.6 is 11.6 Å². The number of hydrogen-bond donors (Lipinski definition) is 0. The third kappa shape index (κ3) is 5.77. The van der Waals surface area contributed by atoms with Gasteiger partial charge in [-0.25, -0.2) is 13.2 Å². The highest BCUT2D eigenvalue weighted by Gasteiger charge is 2.34. The predicted octanol–water partition coefficient (Wildman–Crippen LogP) is 3.68. The molecule has 9 heteroatoms. The van der Waals surface area contributed by atoms with E-state index >= 15 is 0 Å². The lowest BCUT2D eigenvalue weighted by Crippen LogP contribution is -2.48. The van der Waals surface area contributed by atoms with E-state index in [4.69, 9.17) is 25.8 Å². The van der Waals surface area contributed by atoms with Gasteiger partial charge in [0.15, 0.2) is 0 Å². The molecule has 0 radical (unpaired) electrons. The third-order valence-electron chi connectivity index (χ3n) is 4.84. The summed E-state index contributed by atoms with van der Waals surface area (Å²) in [6.07, 6.45) is -0.475. The van der Waals surface area contributed by atoms with E-state index in [1.165, 1.54) is 22.5 Å². The lowest BCUT2D eigenvalue weighted by molar-refractivity contribution is -0.0440. The van der Waals surface area contributed by atoms with Gasteiger partial charge in [-0.2, -0.15) is 4.31 Å². The molecule has 0 aromatic heterocycles. The second-order valence-corrected chi connectivity index (χ2v) is 9.79. The maximum Gasteiger partial charge on any atom is 0.338 e. The zero-order chi connectivity index (χ0) is 22.6. The van der Waals surface area contributed by atoms with Gasteiger partial charge >= 0.3 is 5.97 Å². The van der Waals surface area contributed by atoms with Crippen LogP contribution in [0.3, 0.4) is 0 Å². The predicted molar refractivity (Wildman–Crippen MR) is 117 cm³/mol. The Morgan fingerprint density at radius 2 is 1.81 bits per heavy atom. The Labute approximate surface area is 187 Å². The van der Waals surface area contributed by atoms with Gasteiger partial charge in [0.1, 0.15) is 23.9 Å². The van der Waals surface area contributed by atoms with Crippen molar-refractivity contribution in [3.05, 3.63) is 58.6 Å². The highest BCUT2D eigenvalue weighted by molar-refractivity contribution is 7.89. The Morgan fingerprint density at radius 3 is 2.48 bits per heavy atom. The highest BCUT2D eigenvalue weighted by atomic mass is 35.5. The lowest BCUT2D eigenvalue weighted by atomic mass is 10.2. The Kier molecular flexibility index (Phi) is 7.59. The fraction of sp³-hybridized carbons (Fsp3) is 0.409. The van der Waals surface area contributed by atoms with Gasteiger partial charge in [0, 0.05) is 13.1 Å². The topological polar surface area (TPSA) is 82.1 Å². The van der Waals surface area contributed by atoms with Crippen molar-refractivity contribution in [1.29, 1.82) is 0 Å². The van der Waals surface area contributed by atoms with Gasteiger partial charge in [0.05, 0.1) is 22.8 Å².